The molecule has 0 spiro atoms. The first-order valence-electron chi connectivity index (χ1n) is 2.45. The molecule has 0 aliphatic rings. The van der Waals surface area contributed by atoms with Crippen molar-refractivity contribution in [3.8, 4) is 5.75 Å². The van der Waals surface area contributed by atoms with Crippen molar-refractivity contribution in [2.24, 2.45) is 0 Å². The van der Waals surface area contributed by atoms with Crippen molar-refractivity contribution >= 4 is 43.5 Å². The van der Waals surface area contributed by atoms with Crippen LogP contribution in [0.3, 0.4) is 0 Å². The van der Waals surface area contributed by atoms with Gasteiger partial charge in [-0.3, -0.25) is 0 Å². The predicted octanol–water partition coefficient (Wildman–Crippen LogP) is 3.57. The Morgan fingerprint density at radius 1 is 1.30 bits per heavy atom. The molecule has 0 aromatic heterocycles. The minimum absolute atomic E-state index is 0.0721. The van der Waals surface area contributed by atoms with Crippen molar-refractivity contribution in [3.05, 3.63) is 26.1 Å². The lowest BCUT2D eigenvalue weighted by Crippen LogP contribution is -1.71. The highest BCUT2D eigenvalue weighted by atomic mass is 79.9. The summed E-state index contributed by atoms with van der Waals surface area (Å²) < 4.78 is 1.47. The first kappa shape index (κ1) is 8.37. The SMILES string of the molecule is Oc1cc(Br)cc(Br)c1Cl. The Bertz CT molecular complexity index is 239. The Balaban J connectivity index is 3.31. The zero-order chi connectivity index (χ0) is 7.72. The van der Waals surface area contributed by atoms with E-state index in [-0.39, 0.29) is 5.75 Å². The van der Waals surface area contributed by atoms with Crippen LogP contribution in [0.25, 0.3) is 0 Å². The minimum Gasteiger partial charge on any atom is -0.506 e. The second kappa shape index (κ2) is 3.11. The van der Waals surface area contributed by atoms with Gasteiger partial charge in [0.25, 0.3) is 0 Å². The van der Waals surface area contributed by atoms with E-state index in [0.29, 0.717) is 9.50 Å². The first-order valence-corrected chi connectivity index (χ1v) is 4.41. The lowest BCUT2D eigenvalue weighted by molar-refractivity contribution is 0.475. The fourth-order valence-corrected chi connectivity index (χ4v) is 1.85. The van der Waals surface area contributed by atoms with Crippen LogP contribution >= 0.6 is 43.5 Å². The second-order valence-electron chi connectivity index (χ2n) is 1.72. The topological polar surface area (TPSA) is 20.2 Å². The van der Waals surface area contributed by atoms with Gasteiger partial charge in [-0.25, -0.2) is 0 Å². The summed E-state index contributed by atoms with van der Waals surface area (Å²) >= 11 is 12.0. The summed E-state index contributed by atoms with van der Waals surface area (Å²) in [6, 6.07) is 3.30. The fraction of sp³-hybridized carbons (Fsp3) is 0. The first-order chi connectivity index (χ1) is 4.61. The average Bonchev–Trinajstić information content (AvgIpc) is 1.82. The molecule has 1 N–H and O–H groups in total. The quantitative estimate of drug-likeness (QED) is 0.723. The molecule has 1 aromatic carbocycles. The number of benzene rings is 1. The molecule has 0 atom stereocenters. The van der Waals surface area contributed by atoms with Gasteiger partial charge in [-0.05, 0) is 28.1 Å². The molecular formula is C6H3Br2ClO. The van der Waals surface area contributed by atoms with Gasteiger partial charge in [-0.1, -0.05) is 27.5 Å². The van der Waals surface area contributed by atoms with Crippen molar-refractivity contribution in [1.82, 2.24) is 0 Å². The summed E-state index contributed by atoms with van der Waals surface area (Å²) in [4.78, 5) is 0. The third-order valence-electron chi connectivity index (χ3n) is 0.974. The molecule has 0 saturated carbocycles. The number of phenolic OH excluding ortho intramolecular Hbond substituents is 1. The molecule has 1 rings (SSSR count). The van der Waals surface area contributed by atoms with Crippen LogP contribution in [0.5, 0.6) is 5.75 Å². The van der Waals surface area contributed by atoms with Crippen molar-refractivity contribution in [2.45, 2.75) is 0 Å². The van der Waals surface area contributed by atoms with E-state index in [2.05, 4.69) is 31.9 Å². The van der Waals surface area contributed by atoms with E-state index in [4.69, 9.17) is 16.7 Å². The summed E-state index contributed by atoms with van der Waals surface area (Å²) in [7, 11) is 0. The number of hydrogen-bond acceptors (Lipinski definition) is 1. The molecule has 0 heterocycles. The molecule has 10 heavy (non-hydrogen) atoms. The molecule has 0 fully saturated rings. The van der Waals surface area contributed by atoms with Crippen LogP contribution in [-0.4, -0.2) is 5.11 Å². The maximum Gasteiger partial charge on any atom is 0.136 e. The fourth-order valence-electron chi connectivity index (χ4n) is 0.542. The summed E-state index contributed by atoms with van der Waals surface area (Å²) in [6.45, 7) is 0. The van der Waals surface area contributed by atoms with E-state index in [1.807, 2.05) is 0 Å². The highest BCUT2D eigenvalue weighted by molar-refractivity contribution is 9.11. The summed E-state index contributed by atoms with van der Waals surface area (Å²) in [5, 5.41) is 9.43. The highest BCUT2D eigenvalue weighted by Crippen LogP contribution is 2.34. The Labute approximate surface area is 80.3 Å². The molecule has 0 radical (unpaired) electrons. The van der Waals surface area contributed by atoms with E-state index in [1.54, 1.807) is 6.07 Å². The molecule has 54 valence electrons. The van der Waals surface area contributed by atoms with E-state index in [9.17, 15) is 0 Å². The molecule has 0 saturated heterocycles. The molecule has 0 aliphatic heterocycles. The molecule has 1 aromatic rings. The standard InChI is InChI=1S/C6H3Br2ClO/c7-3-1-4(8)6(9)5(10)2-3/h1-2,10H. The number of aromatic hydroxyl groups is 1. The van der Waals surface area contributed by atoms with Gasteiger partial charge in [-0.2, -0.15) is 0 Å². The number of rotatable bonds is 0. The summed E-state index contributed by atoms with van der Waals surface area (Å²) in [5.41, 5.74) is 0. The van der Waals surface area contributed by atoms with Crippen LogP contribution < -0.4 is 0 Å². The van der Waals surface area contributed by atoms with Crippen molar-refractivity contribution in [3.63, 3.8) is 0 Å². The third kappa shape index (κ3) is 1.65. The van der Waals surface area contributed by atoms with Crippen LogP contribution in [0.2, 0.25) is 5.02 Å². The molecule has 0 bridgehead atoms. The number of hydrogen-bond donors (Lipinski definition) is 1. The second-order valence-corrected chi connectivity index (χ2v) is 3.87. The monoisotopic (exact) mass is 284 g/mol. The Kier molecular flexibility index (Phi) is 2.61. The van der Waals surface area contributed by atoms with Gasteiger partial charge in [0.05, 0.1) is 5.02 Å². The largest absolute Gasteiger partial charge is 0.506 e. The highest BCUT2D eigenvalue weighted by Gasteiger charge is 2.03. The zero-order valence-electron chi connectivity index (χ0n) is 4.74. The lowest BCUT2D eigenvalue weighted by Gasteiger charge is -1.98. The van der Waals surface area contributed by atoms with E-state index >= 15 is 0 Å². The molecule has 1 nitrogen and oxygen atoms in total. The minimum atomic E-state index is 0.0721. The lowest BCUT2D eigenvalue weighted by atomic mass is 10.3. The number of phenols is 1. The molecule has 0 unspecified atom stereocenters. The van der Waals surface area contributed by atoms with Crippen molar-refractivity contribution in [2.75, 3.05) is 0 Å². The van der Waals surface area contributed by atoms with E-state index < -0.39 is 0 Å². The van der Waals surface area contributed by atoms with Crippen LogP contribution in [-0.2, 0) is 0 Å². The summed E-state index contributed by atoms with van der Waals surface area (Å²) in [6.07, 6.45) is 0. The third-order valence-corrected chi connectivity index (χ3v) is 2.68. The van der Waals surface area contributed by atoms with Gasteiger partial charge in [-0.15, -0.1) is 0 Å². The normalized spacial score (nSPS) is 9.90. The van der Waals surface area contributed by atoms with E-state index in [0.717, 1.165) is 4.47 Å². The Morgan fingerprint density at radius 2 is 1.90 bits per heavy atom. The van der Waals surface area contributed by atoms with Gasteiger partial charge in [0.2, 0.25) is 0 Å². The van der Waals surface area contributed by atoms with Crippen LogP contribution in [0.4, 0.5) is 0 Å². The van der Waals surface area contributed by atoms with Gasteiger partial charge in [0.1, 0.15) is 5.75 Å². The van der Waals surface area contributed by atoms with Crippen LogP contribution in [0.1, 0.15) is 0 Å². The maximum atomic E-state index is 9.09. The molecule has 0 amide bonds. The average molecular weight is 286 g/mol. The van der Waals surface area contributed by atoms with Crippen molar-refractivity contribution < 1.29 is 5.11 Å². The van der Waals surface area contributed by atoms with Gasteiger partial charge < -0.3 is 5.11 Å². The van der Waals surface area contributed by atoms with Gasteiger partial charge in [0, 0.05) is 8.95 Å². The van der Waals surface area contributed by atoms with E-state index in [1.165, 1.54) is 6.07 Å². The van der Waals surface area contributed by atoms with Gasteiger partial charge >= 0.3 is 0 Å². The van der Waals surface area contributed by atoms with Crippen LogP contribution in [0.15, 0.2) is 21.1 Å². The molecule has 0 aliphatic carbocycles. The smallest absolute Gasteiger partial charge is 0.136 e. The van der Waals surface area contributed by atoms with Crippen molar-refractivity contribution in [1.29, 1.82) is 0 Å². The summed E-state index contributed by atoms with van der Waals surface area (Å²) in [5.74, 6) is 0.0721. The van der Waals surface area contributed by atoms with Gasteiger partial charge in [0.15, 0.2) is 0 Å². The van der Waals surface area contributed by atoms with Crippen LogP contribution in [0, 0.1) is 0 Å². The number of halogens is 3. The maximum absolute atomic E-state index is 9.09. The molecule has 4 heteroatoms. The molecular weight excluding hydrogens is 283 g/mol. The Morgan fingerprint density at radius 3 is 2.40 bits per heavy atom. The zero-order valence-corrected chi connectivity index (χ0v) is 8.66. The Hall–Kier alpha value is 0.270. The predicted molar refractivity (Wildman–Crippen MR) is 48.5 cm³/mol.